The number of aromatic nitrogens is 3. The summed E-state index contributed by atoms with van der Waals surface area (Å²) in [5, 5.41) is 9.87. The van der Waals surface area contributed by atoms with Crippen molar-refractivity contribution in [3.8, 4) is 17.0 Å². The van der Waals surface area contributed by atoms with Crippen molar-refractivity contribution in [3.63, 3.8) is 0 Å². The number of rotatable bonds is 6. The van der Waals surface area contributed by atoms with Crippen LogP contribution in [0.2, 0.25) is 0 Å². The lowest BCUT2D eigenvalue weighted by Crippen LogP contribution is -2.31. The molecule has 0 saturated carbocycles. The summed E-state index contributed by atoms with van der Waals surface area (Å²) >= 11 is 0. The molecule has 0 radical (unpaired) electrons. The Labute approximate surface area is 144 Å². The maximum absolute atomic E-state index is 11.8. The maximum Gasteiger partial charge on any atom is 0.320 e. The zero-order valence-corrected chi connectivity index (χ0v) is 14.0. The Kier molecular flexibility index (Phi) is 5.10. The fraction of sp³-hybridized carbons (Fsp3) is 0.235. The lowest BCUT2D eigenvalue weighted by atomic mass is 10.1. The molecule has 0 atom stereocenters. The van der Waals surface area contributed by atoms with E-state index in [1.807, 2.05) is 36.4 Å². The zero-order valence-electron chi connectivity index (χ0n) is 14.0. The van der Waals surface area contributed by atoms with Crippen LogP contribution in [-0.2, 0) is 4.74 Å². The van der Waals surface area contributed by atoms with Crippen LogP contribution in [0.4, 0.5) is 10.6 Å². The summed E-state index contributed by atoms with van der Waals surface area (Å²) in [4.78, 5) is 16.1. The quantitative estimate of drug-likeness (QED) is 0.671. The molecule has 1 aromatic carbocycles. The van der Waals surface area contributed by atoms with Gasteiger partial charge < -0.3 is 14.8 Å². The number of methoxy groups -OCH3 is 2. The van der Waals surface area contributed by atoms with Gasteiger partial charge >= 0.3 is 6.03 Å². The van der Waals surface area contributed by atoms with E-state index in [-0.39, 0.29) is 6.03 Å². The van der Waals surface area contributed by atoms with Crippen molar-refractivity contribution in [2.24, 2.45) is 0 Å². The Morgan fingerprint density at radius 2 is 2.12 bits per heavy atom. The van der Waals surface area contributed by atoms with Gasteiger partial charge in [0.25, 0.3) is 0 Å². The lowest BCUT2D eigenvalue weighted by molar-refractivity contribution is 0.198. The fourth-order valence-electron chi connectivity index (χ4n) is 2.31. The van der Waals surface area contributed by atoms with Crippen molar-refractivity contribution in [3.05, 3.63) is 42.6 Å². The van der Waals surface area contributed by atoms with Crippen LogP contribution >= 0.6 is 0 Å². The molecule has 25 heavy (non-hydrogen) atoms. The van der Waals surface area contributed by atoms with E-state index in [2.05, 4.69) is 20.7 Å². The molecule has 2 N–H and O–H groups in total. The van der Waals surface area contributed by atoms with Gasteiger partial charge in [-0.1, -0.05) is 12.1 Å². The molecule has 3 rings (SSSR count). The van der Waals surface area contributed by atoms with Crippen LogP contribution in [0, 0.1) is 0 Å². The van der Waals surface area contributed by atoms with E-state index < -0.39 is 0 Å². The number of imidazole rings is 1. The molecule has 0 aliphatic rings. The molecule has 3 aromatic rings. The third-order valence-corrected chi connectivity index (χ3v) is 3.52. The molecule has 0 fully saturated rings. The standard InChI is InChI=1S/C17H19N5O3/c1-24-9-8-18-17(23)20-15-11-22-16(19-15)7-6-14(21-22)12-4-3-5-13(10-12)25-2/h3-7,10-11H,8-9H2,1-2H3,(H2,18,20,23). The first kappa shape index (κ1) is 16.7. The third kappa shape index (κ3) is 4.04. The van der Waals surface area contributed by atoms with Crippen LogP contribution in [0.3, 0.4) is 0 Å². The molecule has 8 nitrogen and oxygen atoms in total. The molecule has 0 aliphatic heterocycles. The van der Waals surface area contributed by atoms with Crippen LogP contribution < -0.4 is 15.4 Å². The first-order valence-electron chi connectivity index (χ1n) is 7.74. The summed E-state index contributed by atoms with van der Waals surface area (Å²) in [6.45, 7) is 0.873. The van der Waals surface area contributed by atoms with Gasteiger partial charge in [-0.2, -0.15) is 5.10 Å². The van der Waals surface area contributed by atoms with Gasteiger partial charge in [-0.3, -0.25) is 5.32 Å². The van der Waals surface area contributed by atoms with Gasteiger partial charge in [0, 0.05) is 19.2 Å². The summed E-state index contributed by atoms with van der Waals surface area (Å²) in [7, 11) is 3.20. The van der Waals surface area contributed by atoms with E-state index in [4.69, 9.17) is 9.47 Å². The van der Waals surface area contributed by atoms with Crippen LogP contribution in [0.25, 0.3) is 16.9 Å². The predicted octanol–water partition coefficient (Wildman–Crippen LogP) is 2.17. The number of nitrogens with zero attached hydrogens (tertiary/aromatic N) is 3. The number of ether oxygens (including phenoxy) is 2. The predicted molar refractivity (Wildman–Crippen MR) is 93.9 cm³/mol. The second-order valence-electron chi connectivity index (χ2n) is 5.25. The van der Waals surface area contributed by atoms with Crippen molar-refractivity contribution < 1.29 is 14.3 Å². The van der Waals surface area contributed by atoms with Gasteiger partial charge in [0.2, 0.25) is 0 Å². The first-order valence-corrected chi connectivity index (χ1v) is 7.74. The Balaban J connectivity index is 1.78. The smallest absolute Gasteiger partial charge is 0.320 e. The Morgan fingerprint density at radius 3 is 2.92 bits per heavy atom. The minimum Gasteiger partial charge on any atom is -0.497 e. The topological polar surface area (TPSA) is 89.8 Å². The molecule has 2 amide bonds. The Morgan fingerprint density at radius 1 is 1.24 bits per heavy atom. The molecular formula is C17H19N5O3. The van der Waals surface area contributed by atoms with Gasteiger partial charge in [0.15, 0.2) is 11.5 Å². The number of carbonyl (C=O) groups is 1. The van der Waals surface area contributed by atoms with Gasteiger partial charge in [-0.15, -0.1) is 0 Å². The second kappa shape index (κ2) is 7.63. The number of nitrogens with one attached hydrogen (secondary N) is 2. The molecule has 2 heterocycles. The highest BCUT2D eigenvalue weighted by Gasteiger charge is 2.08. The number of benzene rings is 1. The van der Waals surface area contributed by atoms with E-state index >= 15 is 0 Å². The van der Waals surface area contributed by atoms with Crippen LogP contribution in [-0.4, -0.2) is 48.0 Å². The van der Waals surface area contributed by atoms with E-state index in [0.717, 1.165) is 17.0 Å². The highest BCUT2D eigenvalue weighted by atomic mass is 16.5. The number of hydrogen-bond donors (Lipinski definition) is 2. The highest BCUT2D eigenvalue weighted by molar-refractivity contribution is 5.88. The van der Waals surface area contributed by atoms with E-state index in [1.165, 1.54) is 0 Å². The van der Waals surface area contributed by atoms with Crippen LogP contribution in [0.5, 0.6) is 5.75 Å². The number of anilines is 1. The first-order chi connectivity index (χ1) is 12.2. The Bertz CT molecular complexity index is 878. The van der Waals surface area contributed by atoms with E-state index in [0.29, 0.717) is 24.6 Å². The fourth-order valence-corrected chi connectivity index (χ4v) is 2.31. The summed E-state index contributed by atoms with van der Waals surface area (Å²) in [6, 6.07) is 11.0. The molecular weight excluding hydrogens is 322 g/mol. The second-order valence-corrected chi connectivity index (χ2v) is 5.25. The number of amides is 2. The minimum atomic E-state index is -0.339. The number of fused-ring (bicyclic) bond motifs is 1. The summed E-state index contributed by atoms with van der Waals surface area (Å²) in [5.74, 6) is 1.19. The molecule has 0 unspecified atom stereocenters. The summed E-state index contributed by atoms with van der Waals surface area (Å²) in [6.07, 6.45) is 1.66. The van der Waals surface area contributed by atoms with E-state index in [9.17, 15) is 4.79 Å². The lowest BCUT2D eigenvalue weighted by Gasteiger charge is -2.04. The number of carbonyl (C=O) groups excluding carboxylic acids is 1. The SMILES string of the molecule is COCCNC(=O)Nc1cn2nc(-c3cccc(OC)c3)ccc2n1. The van der Waals surface area contributed by atoms with E-state index in [1.54, 1.807) is 24.9 Å². The normalized spacial score (nSPS) is 10.6. The molecule has 130 valence electrons. The molecule has 2 aromatic heterocycles. The maximum atomic E-state index is 11.8. The third-order valence-electron chi connectivity index (χ3n) is 3.52. The van der Waals surface area contributed by atoms with Crippen molar-refractivity contribution >= 4 is 17.5 Å². The van der Waals surface area contributed by atoms with Gasteiger partial charge in [0.05, 0.1) is 25.6 Å². The van der Waals surface area contributed by atoms with Gasteiger partial charge in [-0.25, -0.2) is 14.3 Å². The molecule has 0 saturated heterocycles. The number of hydrogen-bond acceptors (Lipinski definition) is 5. The monoisotopic (exact) mass is 341 g/mol. The average Bonchev–Trinajstić information content (AvgIpc) is 3.03. The van der Waals surface area contributed by atoms with Crippen molar-refractivity contribution in [1.29, 1.82) is 0 Å². The zero-order chi connectivity index (χ0) is 17.6. The Hall–Kier alpha value is -3.13. The molecule has 8 heteroatoms. The molecule has 0 bridgehead atoms. The molecule has 0 aliphatic carbocycles. The number of urea groups is 1. The van der Waals surface area contributed by atoms with Crippen molar-refractivity contribution in [2.75, 3.05) is 32.7 Å². The highest BCUT2D eigenvalue weighted by Crippen LogP contribution is 2.22. The largest absolute Gasteiger partial charge is 0.497 e. The van der Waals surface area contributed by atoms with Gasteiger partial charge in [0.1, 0.15) is 5.75 Å². The van der Waals surface area contributed by atoms with Crippen LogP contribution in [0.15, 0.2) is 42.6 Å². The summed E-state index contributed by atoms with van der Waals surface area (Å²) < 4.78 is 11.7. The van der Waals surface area contributed by atoms with Crippen molar-refractivity contribution in [1.82, 2.24) is 19.9 Å². The summed E-state index contributed by atoms with van der Waals surface area (Å²) in [5.41, 5.74) is 2.35. The minimum absolute atomic E-state index is 0.339. The van der Waals surface area contributed by atoms with Gasteiger partial charge in [-0.05, 0) is 24.3 Å². The average molecular weight is 341 g/mol. The molecule has 0 spiro atoms. The van der Waals surface area contributed by atoms with Crippen molar-refractivity contribution in [2.45, 2.75) is 0 Å². The van der Waals surface area contributed by atoms with Crippen LogP contribution in [0.1, 0.15) is 0 Å².